The van der Waals surface area contributed by atoms with Gasteiger partial charge in [0.15, 0.2) is 11.4 Å². The van der Waals surface area contributed by atoms with Gasteiger partial charge in [-0.05, 0) is 0 Å². The Morgan fingerprint density at radius 1 is 1.33 bits per heavy atom. The molecular formula is C9H17NO5. The number of hydrogen-bond donors (Lipinski definition) is 2. The number of Topliss-reactive ketones (excluding diaryl/α,β-unsaturated/α-hetero) is 1. The van der Waals surface area contributed by atoms with Crippen molar-refractivity contribution in [2.75, 3.05) is 34.3 Å². The topological polar surface area (TPSA) is 97.7 Å². The number of hydrogen-bond acceptors (Lipinski definition) is 5. The third-order valence-electron chi connectivity index (χ3n) is 1.84. The number of quaternary nitrogens is 1. The highest BCUT2D eigenvalue weighted by molar-refractivity contribution is 5.91. The van der Waals surface area contributed by atoms with Crippen LogP contribution in [-0.4, -0.2) is 66.3 Å². The SMILES string of the molecule is C[N+](C)(C)CC(O)(CC(=O)[O-])C(=O)CO. The van der Waals surface area contributed by atoms with Crippen molar-refractivity contribution in [3.63, 3.8) is 0 Å². The van der Waals surface area contributed by atoms with Gasteiger partial charge in [-0.15, -0.1) is 0 Å². The molecule has 0 saturated heterocycles. The molecular weight excluding hydrogens is 202 g/mol. The van der Waals surface area contributed by atoms with Crippen LogP contribution >= 0.6 is 0 Å². The third-order valence-corrected chi connectivity index (χ3v) is 1.84. The van der Waals surface area contributed by atoms with Crippen molar-refractivity contribution in [2.45, 2.75) is 12.0 Å². The van der Waals surface area contributed by atoms with Gasteiger partial charge in [0.1, 0.15) is 13.2 Å². The van der Waals surface area contributed by atoms with E-state index in [1.165, 1.54) is 0 Å². The molecule has 0 spiro atoms. The fourth-order valence-electron chi connectivity index (χ4n) is 1.41. The van der Waals surface area contributed by atoms with E-state index in [0.717, 1.165) is 0 Å². The maximum Gasteiger partial charge on any atom is 0.195 e. The number of carboxylic acids is 1. The molecule has 1 unspecified atom stereocenters. The molecule has 88 valence electrons. The molecule has 1 atom stereocenters. The van der Waals surface area contributed by atoms with Crippen LogP contribution in [0.25, 0.3) is 0 Å². The monoisotopic (exact) mass is 219 g/mol. The van der Waals surface area contributed by atoms with Crippen molar-refractivity contribution in [3.05, 3.63) is 0 Å². The molecule has 0 saturated carbocycles. The Bertz CT molecular complexity index is 258. The van der Waals surface area contributed by atoms with Crippen LogP contribution < -0.4 is 5.11 Å². The summed E-state index contributed by atoms with van der Waals surface area (Å²) in [6.45, 7) is -0.982. The lowest BCUT2D eigenvalue weighted by molar-refractivity contribution is -0.875. The van der Waals surface area contributed by atoms with E-state index in [0.29, 0.717) is 0 Å². The van der Waals surface area contributed by atoms with Gasteiger partial charge in [0.05, 0.1) is 21.1 Å². The van der Waals surface area contributed by atoms with Crippen molar-refractivity contribution < 1.29 is 29.4 Å². The van der Waals surface area contributed by atoms with Crippen molar-refractivity contribution in [3.8, 4) is 0 Å². The normalized spacial score (nSPS) is 15.8. The predicted octanol–water partition coefficient (Wildman–Crippen LogP) is -2.87. The zero-order valence-corrected chi connectivity index (χ0v) is 9.19. The molecule has 0 amide bonds. The van der Waals surface area contributed by atoms with E-state index in [-0.39, 0.29) is 11.0 Å². The summed E-state index contributed by atoms with van der Waals surface area (Å²) in [6.07, 6.45) is -0.804. The van der Waals surface area contributed by atoms with Gasteiger partial charge in [-0.25, -0.2) is 0 Å². The number of carbonyl (C=O) groups excluding carboxylic acids is 2. The standard InChI is InChI=1S/C9H17NO5/c1-10(2,3)6-9(15,4-8(13)14)7(12)5-11/h11,15H,4-6H2,1-3H3. The highest BCUT2D eigenvalue weighted by Crippen LogP contribution is 2.15. The van der Waals surface area contributed by atoms with Crippen LogP contribution in [0.2, 0.25) is 0 Å². The molecule has 0 heterocycles. The molecule has 0 aromatic carbocycles. The number of ketones is 1. The number of carboxylic acid groups (broad SMARTS) is 1. The van der Waals surface area contributed by atoms with E-state index >= 15 is 0 Å². The average molecular weight is 219 g/mol. The lowest BCUT2D eigenvalue weighted by Gasteiger charge is -2.34. The molecule has 0 rings (SSSR count). The molecule has 0 aliphatic heterocycles. The second-order valence-electron chi connectivity index (χ2n) is 4.61. The second kappa shape index (κ2) is 4.69. The van der Waals surface area contributed by atoms with Gasteiger partial charge in [-0.1, -0.05) is 0 Å². The van der Waals surface area contributed by atoms with E-state index in [4.69, 9.17) is 5.11 Å². The first-order valence-corrected chi connectivity index (χ1v) is 4.47. The third kappa shape index (κ3) is 4.87. The summed E-state index contributed by atoms with van der Waals surface area (Å²) in [5.74, 6) is -2.42. The van der Waals surface area contributed by atoms with Gasteiger partial charge in [0.2, 0.25) is 0 Å². The van der Waals surface area contributed by atoms with Crippen LogP contribution in [0.15, 0.2) is 0 Å². The summed E-state index contributed by atoms with van der Waals surface area (Å²) in [5.41, 5.74) is -2.06. The zero-order chi connectivity index (χ0) is 12.3. The molecule has 0 aliphatic carbocycles. The van der Waals surface area contributed by atoms with Crippen LogP contribution in [0.5, 0.6) is 0 Å². The van der Waals surface area contributed by atoms with Gasteiger partial charge in [0.25, 0.3) is 0 Å². The molecule has 0 aromatic rings. The van der Waals surface area contributed by atoms with Crippen LogP contribution in [0, 0.1) is 0 Å². The summed E-state index contributed by atoms with van der Waals surface area (Å²) in [6, 6.07) is 0. The van der Waals surface area contributed by atoms with Crippen LogP contribution in [0.1, 0.15) is 6.42 Å². The van der Waals surface area contributed by atoms with Crippen molar-refractivity contribution >= 4 is 11.8 Å². The highest BCUT2D eigenvalue weighted by Gasteiger charge is 2.40. The minimum Gasteiger partial charge on any atom is -0.550 e. The van der Waals surface area contributed by atoms with E-state index < -0.39 is 30.4 Å². The highest BCUT2D eigenvalue weighted by atomic mass is 16.4. The molecule has 15 heavy (non-hydrogen) atoms. The number of likely N-dealkylation sites (N-methyl/N-ethyl adjacent to an activating group) is 1. The lowest BCUT2D eigenvalue weighted by atomic mass is 9.93. The van der Waals surface area contributed by atoms with Gasteiger partial charge < -0.3 is 24.6 Å². The second-order valence-corrected chi connectivity index (χ2v) is 4.61. The van der Waals surface area contributed by atoms with Crippen LogP contribution in [0.4, 0.5) is 0 Å². The Kier molecular flexibility index (Phi) is 4.39. The van der Waals surface area contributed by atoms with Gasteiger partial charge in [-0.2, -0.15) is 0 Å². The molecule has 2 N–H and O–H groups in total. The van der Waals surface area contributed by atoms with E-state index in [2.05, 4.69) is 0 Å². The molecule has 0 aliphatic rings. The quantitative estimate of drug-likeness (QED) is 0.468. The zero-order valence-electron chi connectivity index (χ0n) is 9.19. The number of rotatable bonds is 6. The van der Waals surface area contributed by atoms with Gasteiger partial charge in [0, 0.05) is 12.4 Å². The minimum absolute atomic E-state index is 0.0969. The Balaban J connectivity index is 4.86. The first-order valence-electron chi connectivity index (χ1n) is 4.47. The molecule has 0 bridgehead atoms. The van der Waals surface area contributed by atoms with Crippen molar-refractivity contribution in [2.24, 2.45) is 0 Å². The Morgan fingerprint density at radius 2 is 1.80 bits per heavy atom. The largest absolute Gasteiger partial charge is 0.550 e. The molecule has 6 heteroatoms. The Morgan fingerprint density at radius 3 is 2.07 bits per heavy atom. The first kappa shape index (κ1) is 14.0. The van der Waals surface area contributed by atoms with E-state index in [9.17, 15) is 19.8 Å². The first-order chi connectivity index (χ1) is 6.60. The molecule has 0 fully saturated rings. The van der Waals surface area contributed by atoms with E-state index in [1.807, 2.05) is 0 Å². The van der Waals surface area contributed by atoms with Gasteiger partial charge in [-0.3, -0.25) is 4.79 Å². The molecule has 0 aromatic heterocycles. The number of aliphatic hydroxyl groups excluding tert-OH is 1. The van der Waals surface area contributed by atoms with Crippen LogP contribution in [-0.2, 0) is 9.59 Å². The lowest BCUT2D eigenvalue weighted by Crippen LogP contribution is -2.56. The Hall–Kier alpha value is -0.980. The predicted molar refractivity (Wildman–Crippen MR) is 49.6 cm³/mol. The van der Waals surface area contributed by atoms with Crippen molar-refractivity contribution in [1.82, 2.24) is 0 Å². The van der Waals surface area contributed by atoms with Crippen molar-refractivity contribution in [1.29, 1.82) is 0 Å². The number of aliphatic hydroxyl groups is 2. The minimum atomic E-state index is -2.06. The average Bonchev–Trinajstić information content (AvgIpc) is 1.97. The number of carbonyl (C=O) groups is 2. The smallest absolute Gasteiger partial charge is 0.195 e. The number of aliphatic carboxylic acids is 1. The van der Waals surface area contributed by atoms with Gasteiger partial charge >= 0.3 is 0 Å². The number of nitrogens with zero attached hydrogens (tertiary/aromatic N) is 1. The molecule has 6 nitrogen and oxygen atoms in total. The van der Waals surface area contributed by atoms with Crippen LogP contribution in [0.3, 0.4) is 0 Å². The maximum atomic E-state index is 11.2. The summed E-state index contributed by atoms with van der Waals surface area (Å²) < 4.78 is 0.204. The summed E-state index contributed by atoms with van der Waals surface area (Å²) in [7, 11) is 5.10. The van der Waals surface area contributed by atoms with E-state index in [1.54, 1.807) is 21.1 Å². The maximum absolute atomic E-state index is 11.2. The molecule has 0 radical (unpaired) electrons. The summed E-state index contributed by atoms with van der Waals surface area (Å²) >= 11 is 0. The Labute approximate surface area is 88.3 Å². The fourth-order valence-corrected chi connectivity index (χ4v) is 1.41. The summed E-state index contributed by atoms with van der Waals surface area (Å²) in [4.78, 5) is 21.7. The fraction of sp³-hybridized carbons (Fsp3) is 0.778. The summed E-state index contributed by atoms with van der Waals surface area (Å²) in [5, 5.41) is 28.9.